The molecular formula is C10H21NO2. The Kier molecular flexibility index (Phi) is 4.40. The molecule has 3 N–H and O–H groups in total. The van der Waals surface area contributed by atoms with Crippen molar-refractivity contribution in [3.05, 3.63) is 0 Å². The molecule has 0 saturated carbocycles. The van der Waals surface area contributed by atoms with Gasteiger partial charge in [-0.1, -0.05) is 33.6 Å². The highest BCUT2D eigenvalue weighted by Gasteiger charge is 2.37. The van der Waals surface area contributed by atoms with Crippen LogP contribution in [0.1, 0.15) is 40.5 Å². The van der Waals surface area contributed by atoms with Gasteiger partial charge in [0.25, 0.3) is 0 Å². The number of hydrogen-bond acceptors (Lipinski definition) is 2. The summed E-state index contributed by atoms with van der Waals surface area (Å²) in [6.07, 6.45) is 1.97. The lowest BCUT2D eigenvalue weighted by Gasteiger charge is -2.32. The van der Waals surface area contributed by atoms with Crippen molar-refractivity contribution in [2.24, 2.45) is 17.6 Å². The van der Waals surface area contributed by atoms with Gasteiger partial charge in [0, 0.05) is 0 Å². The molecule has 0 heterocycles. The second kappa shape index (κ2) is 4.61. The highest BCUT2D eigenvalue weighted by atomic mass is 16.4. The van der Waals surface area contributed by atoms with E-state index in [1.807, 2.05) is 6.92 Å². The Morgan fingerprint density at radius 2 is 1.85 bits per heavy atom. The van der Waals surface area contributed by atoms with Crippen molar-refractivity contribution in [3.8, 4) is 0 Å². The van der Waals surface area contributed by atoms with Gasteiger partial charge < -0.3 is 10.8 Å². The largest absolute Gasteiger partial charge is 0.480 e. The van der Waals surface area contributed by atoms with Crippen molar-refractivity contribution in [3.63, 3.8) is 0 Å². The second-order valence-corrected chi connectivity index (χ2v) is 3.95. The predicted molar refractivity (Wildman–Crippen MR) is 53.5 cm³/mol. The summed E-state index contributed by atoms with van der Waals surface area (Å²) < 4.78 is 0. The average molecular weight is 187 g/mol. The fraction of sp³-hybridized carbons (Fsp3) is 0.900. The van der Waals surface area contributed by atoms with Gasteiger partial charge in [0.2, 0.25) is 0 Å². The number of nitrogens with two attached hydrogens (primary N) is 1. The number of carboxylic acids is 1. The molecule has 0 aliphatic carbocycles. The Balaban J connectivity index is 4.55. The van der Waals surface area contributed by atoms with E-state index in [-0.39, 0.29) is 5.92 Å². The molecule has 3 nitrogen and oxygen atoms in total. The zero-order valence-corrected chi connectivity index (χ0v) is 9.00. The SMILES string of the molecule is CCC(CC)C(C)C(C)(N)C(=O)O. The molecule has 0 aromatic heterocycles. The van der Waals surface area contributed by atoms with Crippen LogP contribution in [-0.2, 0) is 4.79 Å². The molecule has 2 unspecified atom stereocenters. The molecule has 3 heteroatoms. The van der Waals surface area contributed by atoms with E-state index < -0.39 is 11.5 Å². The van der Waals surface area contributed by atoms with Crippen molar-refractivity contribution in [1.82, 2.24) is 0 Å². The van der Waals surface area contributed by atoms with E-state index in [4.69, 9.17) is 10.8 Å². The third kappa shape index (κ3) is 2.69. The zero-order chi connectivity index (χ0) is 10.6. The Bertz CT molecular complexity index is 174. The number of carboxylic acid groups (broad SMARTS) is 1. The van der Waals surface area contributed by atoms with Crippen molar-refractivity contribution in [1.29, 1.82) is 0 Å². The first-order valence-electron chi connectivity index (χ1n) is 4.90. The van der Waals surface area contributed by atoms with E-state index in [1.54, 1.807) is 6.92 Å². The van der Waals surface area contributed by atoms with E-state index >= 15 is 0 Å². The van der Waals surface area contributed by atoms with Crippen LogP contribution in [-0.4, -0.2) is 16.6 Å². The number of carbonyl (C=O) groups is 1. The second-order valence-electron chi connectivity index (χ2n) is 3.95. The molecule has 0 amide bonds. The molecule has 0 aromatic carbocycles. The fourth-order valence-corrected chi connectivity index (χ4v) is 1.68. The van der Waals surface area contributed by atoms with Crippen LogP contribution in [0, 0.1) is 11.8 Å². The minimum Gasteiger partial charge on any atom is -0.480 e. The van der Waals surface area contributed by atoms with Crippen molar-refractivity contribution < 1.29 is 9.90 Å². The summed E-state index contributed by atoms with van der Waals surface area (Å²) in [5.41, 5.74) is 4.66. The first-order chi connectivity index (χ1) is 5.87. The maximum Gasteiger partial charge on any atom is 0.323 e. The third-order valence-electron chi connectivity index (χ3n) is 3.16. The molecular weight excluding hydrogens is 166 g/mol. The maximum atomic E-state index is 10.9. The zero-order valence-electron chi connectivity index (χ0n) is 9.00. The first-order valence-corrected chi connectivity index (χ1v) is 4.90. The van der Waals surface area contributed by atoms with Gasteiger partial charge in [-0.05, 0) is 18.8 Å². The molecule has 0 radical (unpaired) electrons. The summed E-state index contributed by atoms with van der Waals surface area (Å²) in [5.74, 6) is -0.502. The summed E-state index contributed by atoms with van der Waals surface area (Å²) in [6, 6.07) is 0. The molecule has 13 heavy (non-hydrogen) atoms. The Hall–Kier alpha value is -0.570. The van der Waals surface area contributed by atoms with Gasteiger partial charge in [-0.25, -0.2) is 0 Å². The lowest BCUT2D eigenvalue weighted by Crippen LogP contribution is -2.52. The molecule has 0 bridgehead atoms. The van der Waals surface area contributed by atoms with Gasteiger partial charge in [-0.15, -0.1) is 0 Å². The maximum absolute atomic E-state index is 10.9. The molecule has 0 aliphatic rings. The van der Waals surface area contributed by atoms with Crippen LogP contribution in [0.3, 0.4) is 0 Å². The average Bonchev–Trinajstić information content (AvgIpc) is 2.06. The van der Waals surface area contributed by atoms with E-state index in [9.17, 15) is 4.79 Å². The summed E-state index contributed by atoms with van der Waals surface area (Å²) in [7, 11) is 0. The molecule has 0 fully saturated rings. The molecule has 0 aliphatic heterocycles. The fourth-order valence-electron chi connectivity index (χ4n) is 1.68. The Morgan fingerprint density at radius 3 is 2.08 bits per heavy atom. The number of aliphatic carboxylic acids is 1. The van der Waals surface area contributed by atoms with E-state index in [1.165, 1.54) is 0 Å². The minimum absolute atomic E-state index is 0.0139. The molecule has 78 valence electrons. The summed E-state index contributed by atoms with van der Waals surface area (Å²) in [6.45, 7) is 7.66. The summed E-state index contributed by atoms with van der Waals surface area (Å²) in [4.78, 5) is 10.9. The number of hydrogen-bond donors (Lipinski definition) is 2. The van der Waals surface area contributed by atoms with Crippen LogP contribution in [0.5, 0.6) is 0 Å². The molecule has 0 rings (SSSR count). The van der Waals surface area contributed by atoms with Gasteiger partial charge >= 0.3 is 5.97 Å². The van der Waals surface area contributed by atoms with Crippen molar-refractivity contribution in [2.75, 3.05) is 0 Å². The van der Waals surface area contributed by atoms with Crippen molar-refractivity contribution in [2.45, 2.75) is 46.1 Å². The molecule has 2 atom stereocenters. The lowest BCUT2D eigenvalue weighted by molar-refractivity contribution is -0.145. The summed E-state index contributed by atoms with van der Waals surface area (Å²) in [5, 5.41) is 8.93. The van der Waals surface area contributed by atoms with Crippen molar-refractivity contribution >= 4 is 5.97 Å². The molecule has 0 saturated heterocycles. The van der Waals surface area contributed by atoms with Gasteiger partial charge in [0.05, 0.1) is 0 Å². The van der Waals surface area contributed by atoms with Gasteiger partial charge in [-0.3, -0.25) is 4.79 Å². The minimum atomic E-state index is -1.10. The predicted octanol–water partition coefficient (Wildman–Crippen LogP) is 1.86. The van der Waals surface area contributed by atoms with Crippen LogP contribution < -0.4 is 5.73 Å². The Labute approximate surface area is 80.3 Å². The van der Waals surface area contributed by atoms with Crippen LogP contribution in [0.2, 0.25) is 0 Å². The van der Waals surface area contributed by atoms with E-state index in [0.29, 0.717) is 5.92 Å². The third-order valence-corrected chi connectivity index (χ3v) is 3.16. The van der Waals surface area contributed by atoms with Gasteiger partial charge in [-0.2, -0.15) is 0 Å². The van der Waals surface area contributed by atoms with E-state index in [2.05, 4.69) is 13.8 Å². The normalized spacial score (nSPS) is 18.3. The smallest absolute Gasteiger partial charge is 0.323 e. The number of rotatable bonds is 5. The topological polar surface area (TPSA) is 63.3 Å². The lowest BCUT2D eigenvalue weighted by atomic mass is 9.76. The standard InChI is InChI=1S/C10H21NO2/c1-5-8(6-2)7(3)10(4,11)9(12)13/h7-8H,5-6,11H2,1-4H3,(H,12,13). The highest BCUT2D eigenvalue weighted by molar-refractivity contribution is 5.78. The monoisotopic (exact) mass is 187 g/mol. The van der Waals surface area contributed by atoms with Crippen LogP contribution in [0.15, 0.2) is 0 Å². The summed E-state index contributed by atoms with van der Waals surface area (Å²) >= 11 is 0. The molecule has 0 spiro atoms. The Morgan fingerprint density at radius 1 is 1.46 bits per heavy atom. The van der Waals surface area contributed by atoms with Crippen LogP contribution in [0.4, 0.5) is 0 Å². The first kappa shape index (κ1) is 12.4. The van der Waals surface area contributed by atoms with E-state index in [0.717, 1.165) is 12.8 Å². The highest BCUT2D eigenvalue weighted by Crippen LogP contribution is 2.27. The van der Waals surface area contributed by atoms with Crippen LogP contribution in [0.25, 0.3) is 0 Å². The van der Waals surface area contributed by atoms with Crippen LogP contribution >= 0.6 is 0 Å². The quantitative estimate of drug-likeness (QED) is 0.690. The van der Waals surface area contributed by atoms with Gasteiger partial charge in [0.1, 0.15) is 5.54 Å². The molecule has 0 aromatic rings. The van der Waals surface area contributed by atoms with Gasteiger partial charge in [0.15, 0.2) is 0 Å².